The Hall–Kier alpha value is -1.90. The molecule has 1 heterocycles. The SMILES string of the molecule is C[C@@H]1CNCCN1CC(=O)Nc1ccc(CC#N)cc1. The van der Waals surface area contributed by atoms with Crippen LogP contribution in [0.5, 0.6) is 0 Å². The van der Waals surface area contributed by atoms with Gasteiger partial charge in [0, 0.05) is 31.4 Å². The number of amides is 1. The molecule has 1 fully saturated rings. The molecule has 5 heteroatoms. The van der Waals surface area contributed by atoms with E-state index in [2.05, 4.69) is 28.5 Å². The Morgan fingerprint density at radius 3 is 2.90 bits per heavy atom. The number of nitrogens with one attached hydrogen (secondary N) is 2. The number of anilines is 1. The molecule has 1 aliphatic heterocycles. The molecule has 0 unspecified atom stereocenters. The Kier molecular flexibility index (Phi) is 5.10. The van der Waals surface area contributed by atoms with E-state index in [0.717, 1.165) is 30.9 Å². The number of rotatable bonds is 4. The lowest BCUT2D eigenvalue weighted by Gasteiger charge is -2.33. The summed E-state index contributed by atoms with van der Waals surface area (Å²) in [5.41, 5.74) is 1.74. The molecular weight excluding hydrogens is 252 g/mol. The molecule has 20 heavy (non-hydrogen) atoms. The zero-order valence-electron chi connectivity index (χ0n) is 11.7. The minimum Gasteiger partial charge on any atom is -0.325 e. The molecule has 1 aromatic carbocycles. The van der Waals surface area contributed by atoms with Gasteiger partial charge in [-0.05, 0) is 24.6 Å². The second-order valence-corrected chi connectivity index (χ2v) is 5.10. The molecule has 106 valence electrons. The van der Waals surface area contributed by atoms with Crippen molar-refractivity contribution < 1.29 is 4.79 Å². The van der Waals surface area contributed by atoms with Crippen molar-refractivity contribution >= 4 is 11.6 Å². The van der Waals surface area contributed by atoms with Crippen LogP contribution in [0.1, 0.15) is 12.5 Å². The Bertz CT molecular complexity index is 492. The smallest absolute Gasteiger partial charge is 0.238 e. The summed E-state index contributed by atoms with van der Waals surface area (Å²) in [6.07, 6.45) is 0.395. The number of carbonyl (C=O) groups is 1. The molecule has 1 saturated heterocycles. The highest BCUT2D eigenvalue weighted by molar-refractivity contribution is 5.92. The molecule has 2 rings (SSSR count). The third-order valence-electron chi connectivity index (χ3n) is 3.51. The number of carbonyl (C=O) groups excluding carboxylic acids is 1. The predicted octanol–water partition coefficient (Wildman–Crippen LogP) is 0.985. The first-order valence-electron chi connectivity index (χ1n) is 6.89. The van der Waals surface area contributed by atoms with Crippen LogP contribution in [0.4, 0.5) is 5.69 Å². The molecule has 1 amide bonds. The van der Waals surface area contributed by atoms with Crippen LogP contribution in [-0.2, 0) is 11.2 Å². The van der Waals surface area contributed by atoms with Crippen LogP contribution in [0, 0.1) is 11.3 Å². The van der Waals surface area contributed by atoms with Gasteiger partial charge in [0.2, 0.25) is 5.91 Å². The fourth-order valence-corrected chi connectivity index (χ4v) is 2.30. The van der Waals surface area contributed by atoms with Crippen LogP contribution in [0.3, 0.4) is 0 Å². The van der Waals surface area contributed by atoms with E-state index in [1.54, 1.807) is 0 Å². The minimum atomic E-state index is 0.00628. The van der Waals surface area contributed by atoms with Gasteiger partial charge in [0.15, 0.2) is 0 Å². The highest BCUT2D eigenvalue weighted by Crippen LogP contribution is 2.10. The number of hydrogen-bond acceptors (Lipinski definition) is 4. The van der Waals surface area contributed by atoms with Crippen molar-refractivity contribution in [2.24, 2.45) is 0 Å². The van der Waals surface area contributed by atoms with E-state index in [9.17, 15) is 4.79 Å². The molecule has 0 aliphatic carbocycles. The maximum Gasteiger partial charge on any atom is 0.238 e. The van der Waals surface area contributed by atoms with E-state index in [0.29, 0.717) is 19.0 Å². The van der Waals surface area contributed by atoms with Crippen molar-refractivity contribution in [3.8, 4) is 6.07 Å². The summed E-state index contributed by atoms with van der Waals surface area (Å²) < 4.78 is 0. The maximum absolute atomic E-state index is 12.0. The van der Waals surface area contributed by atoms with Crippen molar-refractivity contribution in [1.29, 1.82) is 5.26 Å². The topological polar surface area (TPSA) is 68.2 Å². The van der Waals surface area contributed by atoms with Crippen LogP contribution in [0.2, 0.25) is 0 Å². The van der Waals surface area contributed by atoms with Crippen LogP contribution in [-0.4, -0.2) is 43.0 Å². The molecule has 0 saturated carbocycles. The third-order valence-corrected chi connectivity index (χ3v) is 3.51. The molecule has 1 aromatic rings. The minimum absolute atomic E-state index is 0.00628. The fourth-order valence-electron chi connectivity index (χ4n) is 2.30. The normalized spacial score (nSPS) is 19.3. The first-order chi connectivity index (χ1) is 9.69. The molecule has 0 radical (unpaired) electrons. The van der Waals surface area contributed by atoms with E-state index in [1.165, 1.54) is 0 Å². The Morgan fingerprint density at radius 2 is 2.25 bits per heavy atom. The van der Waals surface area contributed by atoms with E-state index < -0.39 is 0 Å². The van der Waals surface area contributed by atoms with Crippen molar-refractivity contribution in [3.05, 3.63) is 29.8 Å². The number of nitriles is 1. The summed E-state index contributed by atoms with van der Waals surface area (Å²) in [6, 6.07) is 9.90. The summed E-state index contributed by atoms with van der Waals surface area (Å²) in [5.74, 6) is 0.00628. The van der Waals surface area contributed by atoms with Gasteiger partial charge in [-0.1, -0.05) is 12.1 Å². The van der Waals surface area contributed by atoms with Gasteiger partial charge in [0.1, 0.15) is 0 Å². The van der Waals surface area contributed by atoms with Gasteiger partial charge in [0.25, 0.3) is 0 Å². The molecule has 5 nitrogen and oxygen atoms in total. The lowest BCUT2D eigenvalue weighted by molar-refractivity contribution is -0.118. The fraction of sp³-hybridized carbons (Fsp3) is 0.467. The quantitative estimate of drug-likeness (QED) is 0.857. The number of hydrogen-bond donors (Lipinski definition) is 2. The van der Waals surface area contributed by atoms with Crippen LogP contribution in [0.25, 0.3) is 0 Å². The van der Waals surface area contributed by atoms with E-state index in [-0.39, 0.29) is 5.91 Å². The summed E-state index contributed by atoms with van der Waals surface area (Å²) >= 11 is 0. The largest absolute Gasteiger partial charge is 0.325 e. The highest BCUT2D eigenvalue weighted by Gasteiger charge is 2.20. The van der Waals surface area contributed by atoms with E-state index in [4.69, 9.17) is 5.26 Å². The molecule has 1 atom stereocenters. The molecule has 2 N–H and O–H groups in total. The summed E-state index contributed by atoms with van der Waals surface area (Å²) in [7, 11) is 0. The zero-order chi connectivity index (χ0) is 14.4. The number of benzene rings is 1. The molecule has 0 spiro atoms. The lowest BCUT2D eigenvalue weighted by atomic mass is 10.1. The Labute approximate surface area is 119 Å². The van der Waals surface area contributed by atoms with Crippen molar-refractivity contribution in [3.63, 3.8) is 0 Å². The summed E-state index contributed by atoms with van der Waals surface area (Å²) in [4.78, 5) is 14.2. The van der Waals surface area contributed by atoms with Gasteiger partial charge in [0.05, 0.1) is 19.0 Å². The van der Waals surface area contributed by atoms with Crippen LogP contribution in [0.15, 0.2) is 24.3 Å². The first-order valence-corrected chi connectivity index (χ1v) is 6.89. The predicted molar refractivity (Wildman–Crippen MR) is 78.3 cm³/mol. The average Bonchev–Trinajstić information content (AvgIpc) is 2.44. The van der Waals surface area contributed by atoms with E-state index in [1.807, 2.05) is 24.3 Å². The maximum atomic E-state index is 12.0. The third kappa shape index (κ3) is 4.05. The second-order valence-electron chi connectivity index (χ2n) is 5.10. The first kappa shape index (κ1) is 14.5. The van der Waals surface area contributed by atoms with E-state index >= 15 is 0 Å². The lowest BCUT2D eigenvalue weighted by Crippen LogP contribution is -2.51. The number of piperazine rings is 1. The molecule has 1 aliphatic rings. The van der Waals surface area contributed by atoms with Crippen LogP contribution < -0.4 is 10.6 Å². The average molecular weight is 272 g/mol. The molecule has 0 bridgehead atoms. The van der Waals surface area contributed by atoms with Crippen molar-refractivity contribution in [2.45, 2.75) is 19.4 Å². The van der Waals surface area contributed by atoms with Crippen molar-refractivity contribution in [1.82, 2.24) is 10.2 Å². The Morgan fingerprint density at radius 1 is 1.50 bits per heavy atom. The summed E-state index contributed by atoms with van der Waals surface area (Å²) in [5, 5.41) is 14.8. The highest BCUT2D eigenvalue weighted by atomic mass is 16.2. The standard InChI is InChI=1S/C15H20N4O/c1-12-10-17-8-9-19(12)11-15(20)18-14-4-2-13(3-5-14)6-7-16/h2-5,12,17H,6,8-11H2,1H3,(H,18,20)/t12-/m1/s1. The molecule has 0 aromatic heterocycles. The van der Waals surface area contributed by atoms with Crippen LogP contribution >= 0.6 is 0 Å². The van der Waals surface area contributed by atoms with Gasteiger partial charge in [-0.25, -0.2) is 0 Å². The van der Waals surface area contributed by atoms with Crippen molar-refractivity contribution in [2.75, 3.05) is 31.5 Å². The van der Waals surface area contributed by atoms with Gasteiger partial charge in [-0.15, -0.1) is 0 Å². The van der Waals surface area contributed by atoms with Gasteiger partial charge in [-0.2, -0.15) is 5.26 Å². The molecular formula is C15H20N4O. The zero-order valence-corrected chi connectivity index (χ0v) is 11.7. The second kappa shape index (κ2) is 7.04. The summed E-state index contributed by atoms with van der Waals surface area (Å²) in [6.45, 7) is 5.30. The van der Waals surface area contributed by atoms with Gasteiger partial charge in [-0.3, -0.25) is 9.69 Å². The Balaban J connectivity index is 1.86. The number of nitrogens with zero attached hydrogens (tertiary/aromatic N) is 2. The van der Waals surface area contributed by atoms with Gasteiger partial charge < -0.3 is 10.6 Å². The monoisotopic (exact) mass is 272 g/mol. The van der Waals surface area contributed by atoms with Gasteiger partial charge >= 0.3 is 0 Å².